The topological polar surface area (TPSA) is 36.4 Å². The van der Waals surface area contributed by atoms with Gasteiger partial charge in [-0.15, -0.1) is 12.6 Å². The van der Waals surface area contributed by atoms with Crippen molar-refractivity contribution in [2.45, 2.75) is 11.3 Å². The molecule has 0 saturated heterocycles. The highest BCUT2D eigenvalue weighted by atomic mass is 32.1. The van der Waals surface area contributed by atoms with E-state index in [4.69, 9.17) is 0 Å². The zero-order valence-corrected chi connectivity index (χ0v) is 11.5. The number of anilines is 1. The molecule has 0 atom stereocenters. The normalized spacial score (nSPS) is 16.6. The molecule has 18 heavy (non-hydrogen) atoms. The molecule has 0 unspecified atom stereocenters. The highest BCUT2D eigenvalue weighted by Gasteiger charge is 2.03. The predicted molar refractivity (Wildman–Crippen MR) is 81.2 cm³/mol. The third-order valence-electron chi connectivity index (χ3n) is 2.80. The standard InChI is InChI=1S/C14H17N3S/c1-15-10-3-5-11(6-4-10)17-13-8-7-12(16-2)9-14(13)18/h3-5,7-9,15-16,18H,6H2,1-2H3. The van der Waals surface area contributed by atoms with Gasteiger partial charge in [0, 0.05) is 42.5 Å². The van der Waals surface area contributed by atoms with Crippen molar-refractivity contribution in [3.8, 4) is 0 Å². The summed E-state index contributed by atoms with van der Waals surface area (Å²) in [5, 5.41) is 6.19. The van der Waals surface area contributed by atoms with Gasteiger partial charge in [-0.3, -0.25) is 4.99 Å². The van der Waals surface area contributed by atoms with E-state index in [0.29, 0.717) is 0 Å². The van der Waals surface area contributed by atoms with Crippen LogP contribution in [-0.2, 0) is 0 Å². The number of rotatable bonds is 3. The summed E-state index contributed by atoms with van der Waals surface area (Å²) >= 11 is 4.46. The van der Waals surface area contributed by atoms with Crippen LogP contribution in [-0.4, -0.2) is 19.8 Å². The second kappa shape index (κ2) is 5.78. The summed E-state index contributed by atoms with van der Waals surface area (Å²) in [5.74, 6) is 0. The van der Waals surface area contributed by atoms with Crippen molar-refractivity contribution in [3.05, 3.63) is 42.1 Å². The maximum atomic E-state index is 4.62. The summed E-state index contributed by atoms with van der Waals surface area (Å²) in [6.07, 6.45) is 7.03. The third-order valence-corrected chi connectivity index (χ3v) is 3.16. The fourth-order valence-electron chi connectivity index (χ4n) is 1.73. The van der Waals surface area contributed by atoms with Gasteiger partial charge in [0.1, 0.15) is 0 Å². The van der Waals surface area contributed by atoms with Gasteiger partial charge in [0.2, 0.25) is 0 Å². The molecule has 0 saturated carbocycles. The van der Waals surface area contributed by atoms with Crippen molar-refractivity contribution in [3.63, 3.8) is 0 Å². The average molecular weight is 259 g/mol. The van der Waals surface area contributed by atoms with E-state index in [1.54, 1.807) is 0 Å². The number of hydrogen-bond donors (Lipinski definition) is 3. The van der Waals surface area contributed by atoms with Crippen LogP contribution in [0.4, 0.5) is 11.4 Å². The summed E-state index contributed by atoms with van der Waals surface area (Å²) in [5.41, 5.74) is 4.12. The van der Waals surface area contributed by atoms with Gasteiger partial charge in [-0.25, -0.2) is 0 Å². The number of likely N-dealkylation sites (N-methyl/N-ethyl adjacent to an activating group) is 1. The summed E-state index contributed by atoms with van der Waals surface area (Å²) in [7, 11) is 3.81. The van der Waals surface area contributed by atoms with Crippen molar-refractivity contribution >= 4 is 29.7 Å². The number of thiol groups is 1. The summed E-state index contributed by atoms with van der Waals surface area (Å²) in [6.45, 7) is 0. The second-order valence-corrected chi connectivity index (χ2v) is 4.49. The molecule has 0 fully saturated rings. The molecule has 0 aliphatic heterocycles. The molecule has 2 N–H and O–H groups in total. The zero-order valence-electron chi connectivity index (χ0n) is 10.6. The molecule has 94 valence electrons. The van der Waals surface area contributed by atoms with Gasteiger partial charge in [-0.1, -0.05) is 6.08 Å². The van der Waals surface area contributed by atoms with Crippen LogP contribution < -0.4 is 10.6 Å². The fourth-order valence-corrected chi connectivity index (χ4v) is 2.00. The zero-order chi connectivity index (χ0) is 13.0. The van der Waals surface area contributed by atoms with Gasteiger partial charge < -0.3 is 10.6 Å². The van der Waals surface area contributed by atoms with Crippen molar-refractivity contribution in [1.82, 2.24) is 5.32 Å². The van der Waals surface area contributed by atoms with Gasteiger partial charge in [0.25, 0.3) is 0 Å². The van der Waals surface area contributed by atoms with Gasteiger partial charge >= 0.3 is 0 Å². The van der Waals surface area contributed by atoms with Crippen LogP contribution in [0.15, 0.2) is 52.0 Å². The number of nitrogens with zero attached hydrogens (tertiary/aromatic N) is 1. The van der Waals surface area contributed by atoms with Gasteiger partial charge in [-0.2, -0.15) is 0 Å². The molecular formula is C14H17N3S. The van der Waals surface area contributed by atoms with Crippen LogP contribution in [0.3, 0.4) is 0 Å². The Morgan fingerprint density at radius 2 is 2.00 bits per heavy atom. The first kappa shape index (κ1) is 12.8. The largest absolute Gasteiger partial charge is 0.388 e. The quantitative estimate of drug-likeness (QED) is 0.729. The highest BCUT2D eigenvalue weighted by Crippen LogP contribution is 2.27. The van der Waals surface area contributed by atoms with Crippen LogP contribution >= 0.6 is 12.6 Å². The molecule has 3 nitrogen and oxygen atoms in total. The Hall–Kier alpha value is -1.68. The van der Waals surface area contributed by atoms with Crippen LogP contribution in [0.5, 0.6) is 0 Å². The lowest BCUT2D eigenvalue weighted by Crippen LogP contribution is -2.08. The minimum Gasteiger partial charge on any atom is -0.388 e. The van der Waals surface area contributed by atoms with E-state index in [1.807, 2.05) is 44.4 Å². The van der Waals surface area contributed by atoms with Gasteiger partial charge in [0.05, 0.1) is 5.69 Å². The van der Waals surface area contributed by atoms with Crippen LogP contribution in [0.25, 0.3) is 0 Å². The number of benzene rings is 1. The number of hydrogen-bond acceptors (Lipinski definition) is 4. The minimum absolute atomic E-state index is 0.841. The Balaban J connectivity index is 2.20. The maximum Gasteiger partial charge on any atom is 0.0767 e. The number of allylic oxidation sites excluding steroid dienone is 3. The number of aliphatic imine (C=N–C) groups is 1. The molecular weight excluding hydrogens is 242 g/mol. The SMILES string of the molecule is CNC1=CCC(=Nc2ccc(NC)cc2S)C=C1. The molecule has 2 rings (SSSR count). The molecule has 0 bridgehead atoms. The molecule has 0 radical (unpaired) electrons. The molecule has 0 aromatic heterocycles. The van der Waals surface area contributed by atoms with E-state index in [9.17, 15) is 0 Å². The minimum atomic E-state index is 0.841. The molecule has 0 heterocycles. The average Bonchev–Trinajstić information content (AvgIpc) is 2.42. The highest BCUT2D eigenvalue weighted by molar-refractivity contribution is 7.80. The van der Waals surface area contributed by atoms with Gasteiger partial charge in [0.15, 0.2) is 0 Å². The van der Waals surface area contributed by atoms with Crippen LogP contribution in [0.1, 0.15) is 6.42 Å². The van der Waals surface area contributed by atoms with E-state index in [0.717, 1.165) is 34.1 Å². The predicted octanol–water partition coefficient (Wildman–Crippen LogP) is 3.15. The van der Waals surface area contributed by atoms with Crippen molar-refractivity contribution in [2.75, 3.05) is 19.4 Å². The number of nitrogens with one attached hydrogen (secondary N) is 2. The molecule has 1 aromatic carbocycles. The Morgan fingerprint density at radius 1 is 1.17 bits per heavy atom. The lowest BCUT2D eigenvalue weighted by Gasteiger charge is -2.09. The summed E-state index contributed by atoms with van der Waals surface area (Å²) in [6, 6.07) is 5.96. The Morgan fingerprint density at radius 3 is 2.56 bits per heavy atom. The molecule has 4 heteroatoms. The van der Waals surface area contributed by atoms with Crippen molar-refractivity contribution in [2.24, 2.45) is 4.99 Å². The van der Waals surface area contributed by atoms with Crippen LogP contribution in [0.2, 0.25) is 0 Å². The monoisotopic (exact) mass is 259 g/mol. The fraction of sp³-hybridized carbons (Fsp3) is 0.214. The van der Waals surface area contributed by atoms with E-state index in [1.165, 1.54) is 0 Å². The smallest absolute Gasteiger partial charge is 0.0767 e. The van der Waals surface area contributed by atoms with Gasteiger partial charge in [-0.05, 0) is 30.4 Å². The van der Waals surface area contributed by atoms with E-state index >= 15 is 0 Å². The molecule has 1 aliphatic rings. The van der Waals surface area contributed by atoms with E-state index in [2.05, 4.69) is 34.3 Å². The van der Waals surface area contributed by atoms with E-state index < -0.39 is 0 Å². The second-order valence-electron chi connectivity index (χ2n) is 4.00. The molecule has 0 amide bonds. The van der Waals surface area contributed by atoms with E-state index in [-0.39, 0.29) is 0 Å². The molecule has 0 spiro atoms. The molecule has 1 aromatic rings. The maximum absolute atomic E-state index is 4.62. The summed E-state index contributed by atoms with van der Waals surface area (Å²) < 4.78 is 0. The Labute approximate surface area is 113 Å². The molecule has 1 aliphatic carbocycles. The first-order valence-corrected chi connectivity index (χ1v) is 6.32. The lowest BCUT2D eigenvalue weighted by atomic mass is 10.1. The van der Waals surface area contributed by atoms with Crippen LogP contribution in [0, 0.1) is 0 Å². The lowest BCUT2D eigenvalue weighted by molar-refractivity contribution is 1.02. The third kappa shape index (κ3) is 2.96. The first-order chi connectivity index (χ1) is 8.72. The van der Waals surface area contributed by atoms with Crippen molar-refractivity contribution in [1.29, 1.82) is 0 Å². The van der Waals surface area contributed by atoms with Crippen molar-refractivity contribution < 1.29 is 0 Å². The Kier molecular flexibility index (Phi) is 4.10. The first-order valence-electron chi connectivity index (χ1n) is 5.87. The Bertz CT molecular complexity index is 530. The summed E-state index contributed by atoms with van der Waals surface area (Å²) in [4.78, 5) is 5.50.